The van der Waals surface area contributed by atoms with E-state index in [1.807, 2.05) is 0 Å². The molecule has 84 valence electrons. The lowest BCUT2D eigenvalue weighted by atomic mass is 10.3. The van der Waals surface area contributed by atoms with Crippen LogP contribution in [0.3, 0.4) is 0 Å². The topological polar surface area (TPSA) is 15.3 Å². The zero-order chi connectivity index (χ0) is 10.4. The summed E-state index contributed by atoms with van der Waals surface area (Å²) in [5.74, 6) is 0. The molecular formula is C11H26N2Si. The molecule has 0 aromatic rings. The Morgan fingerprint density at radius 2 is 1.93 bits per heavy atom. The standard InChI is InChI=1S/C11H26N2Si/c1-14(2,3)11-5-9-13-8-4-6-12-7-10-13/h12H,4-11H2,1-3H3. The number of nitrogens with one attached hydrogen (secondary N) is 1. The maximum Gasteiger partial charge on any atom is 0.0443 e. The van der Waals surface area contributed by atoms with Gasteiger partial charge in [0.25, 0.3) is 0 Å². The van der Waals surface area contributed by atoms with Crippen molar-refractivity contribution in [2.75, 3.05) is 32.7 Å². The maximum atomic E-state index is 3.45. The minimum atomic E-state index is -0.797. The molecule has 0 bridgehead atoms. The van der Waals surface area contributed by atoms with Gasteiger partial charge in [-0.1, -0.05) is 25.7 Å². The number of hydrogen-bond donors (Lipinski definition) is 1. The molecule has 1 aliphatic rings. The Hall–Kier alpha value is 0.137. The Balaban J connectivity index is 2.10. The van der Waals surface area contributed by atoms with Gasteiger partial charge in [-0.2, -0.15) is 0 Å². The lowest BCUT2D eigenvalue weighted by molar-refractivity contribution is 0.293. The van der Waals surface area contributed by atoms with Crippen LogP contribution in [-0.4, -0.2) is 45.7 Å². The Kier molecular flexibility index (Phi) is 5.13. The van der Waals surface area contributed by atoms with Crippen molar-refractivity contribution in [2.45, 2.75) is 38.5 Å². The molecule has 0 spiro atoms. The fourth-order valence-corrected chi connectivity index (χ4v) is 3.18. The van der Waals surface area contributed by atoms with Crippen molar-refractivity contribution in [3.8, 4) is 0 Å². The van der Waals surface area contributed by atoms with Crippen molar-refractivity contribution in [3.05, 3.63) is 0 Å². The van der Waals surface area contributed by atoms with E-state index in [0.717, 1.165) is 0 Å². The normalized spacial score (nSPS) is 20.8. The molecule has 0 amide bonds. The van der Waals surface area contributed by atoms with E-state index in [2.05, 4.69) is 29.9 Å². The summed E-state index contributed by atoms with van der Waals surface area (Å²) in [6.07, 6.45) is 2.74. The third kappa shape index (κ3) is 5.78. The maximum absolute atomic E-state index is 3.45. The van der Waals surface area contributed by atoms with Crippen molar-refractivity contribution in [3.63, 3.8) is 0 Å². The van der Waals surface area contributed by atoms with Crippen LogP contribution in [0.1, 0.15) is 12.8 Å². The van der Waals surface area contributed by atoms with Gasteiger partial charge in [0.2, 0.25) is 0 Å². The lowest BCUT2D eigenvalue weighted by Gasteiger charge is -2.22. The lowest BCUT2D eigenvalue weighted by Crippen LogP contribution is -2.30. The summed E-state index contributed by atoms with van der Waals surface area (Å²) in [6.45, 7) is 13.7. The van der Waals surface area contributed by atoms with Crippen LogP contribution in [-0.2, 0) is 0 Å². The van der Waals surface area contributed by atoms with Gasteiger partial charge in [0.15, 0.2) is 0 Å². The molecule has 0 aromatic heterocycles. The van der Waals surface area contributed by atoms with Gasteiger partial charge in [-0.25, -0.2) is 0 Å². The van der Waals surface area contributed by atoms with Gasteiger partial charge in [-0.15, -0.1) is 0 Å². The van der Waals surface area contributed by atoms with E-state index in [1.165, 1.54) is 51.6 Å². The number of nitrogens with zero attached hydrogens (tertiary/aromatic N) is 1. The van der Waals surface area contributed by atoms with Crippen LogP contribution in [0.2, 0.25) is 25.7 Å². The van der Waals surface area contributed by atoms with E-state index in [0.29, 0.717) is 0 Å². The minimum Gasteiger partial charge on any atom is -0.315 e. The molecule has 1 N–H and O–H groups in total. The highest BCUT2D eigenvalue weighted by atomic mass is 28.3. The van der Waals surface area contributed by atoms with Gasteiger partial charge in [-0.05, 0) is 32.5 Å². The zero-order valence-corrected chi connectivity index (χ0v) is 11.1. The summed E-state index contributed by atoms with van der Waals surface area (Å²) in [7, 11) is -0.797. The number of hydrogen-bond acceptors (Lipinski definition) is 2. The molecule has 1 rings (SSSR count). The highest BCUT2D eigenvalue weighted by Gasteiger charge is 2.14. The zero-order valence-electron chi connectivity index (χ0n) is 10.1. The SMILES string of the molecule is C[Si](C)(C)CCCN1CCCNCC1. The Morgan fingerprint density at radius 3 is 2.64 bits per heavy atom. The van der Waals surface area contributed by atoms with E-state index >= 15 is 0 Å². The molecular weight excluding hydrogens is 188 g/mol. The predicted molar refractivity (Wildman–Crippen MR) is 66.7 cm³/mol. The molecule has 1 heterocycles. The van der Waals surface area contributed by atoms with Crippen molar-refractivity contribution in [1.29, 1.82) is 0 Å². The Labute approximate surface area is 90.1 Å². The van der Waals surface area contributed by atoms with E-state index in [4.69, 9.17) is 0 Å². The second kappa shape index (κ2) is 5.88. The second-order valence-corrected chi connectivity index (χ2v) is 11.2. The summed E-state index contributed by atoms with van der Waals surface area (Å²) in [6, 6.07) is 1.48. The molecule has 0 unspecified atom stereocenters. The molecule has 3 heteroatoms. The van der Waals surface area contributed by atoms with Crippen molar-refractivity contribution in [2.24, 2.45) is 0 Å². The minimum absolute atomic E-state index is 0.797. The number of rotatable bonds is 4. The van der Waals surface area contributed by atoms with Gasteiger partial charge in [0, 0.05) is 21.2 Å². The summed E-state index contributed by atoms with van der Waals surface area (Å²) in [5, 5.41) is 3.45. The van der Waals surface area contributed by atoms with Crippen LogP contribution in [0.5, 0.6) is 0 Å². The first-order valence-corrected chi connectivity index (χ1v) is 9.72. The molecule has 2 nitrogen and oxygen atoms in total. The highest BCUT2D eigenvalue weighted by Crippen LogP contribution is 2.11. The van der Waals surface area contributed by atoms with Crippen molar-refractivity contribution < 1.29 is 0 Å². The van der Waals surface area contributed by atoms with E-state index < -0.39 is 8.07 Å². The summed E-state index contributed by atoms with van der Waals surface area (Å²) in [5.41, 5.74) is 0. The van der Waals surface area contributed by atoms with Crippen LogP contribution in [0.4, 0.5) is 0 Å². The van der Waals surface area contributed by atoms with Crippen LogP contribution < -0.4 is 5.32 Å². The van der Waals surface area contributed by atoms with Gasteiger partial charge in [0.1, 0.15) is 0 Å². The summed E-state index contributed by atoms with van der Waals surface area (Å²) >= 11 is 0. The first-order valence-electron chi connectivity index (χ1n) is 6.01. The molecule has 14 heavy (non-hydrogen) atoms. The first-order chi connectivity index (χ1) is 6.58. The predicted octanol–water partition coefficient (Wildman–Crippen LogP) is 2.01. The average molecular weight is 214 g/mol. The average Bonchev–Trinajstić information content (AvgIpc) is 2.30. The third-order valence-corrected chi connectivity index (χ3v) is 4.69. The van der Waals surface area contributed by atoms with Gasteiger partial charge >= 0.3 is 0 Å². The molecule has 0 saturated carbocycles. The van der Waals surface area contributed by atoms with Crippen LogP contribution in [0, 0.1) is 0 Å². The van der Waals surface area contributed by atoms with E-state index in [-0.39, 0.29) is 0 Å². The van der Waals surface area contributed by atoms with Crippen molar-refractivity contribution in [1.82, 2.24) is 10.2 Å². The van der Waals surface area contributed by atoms with E-state index in [1.54, 1.807) is 0 Å². The van der Waals surface area contributed by atoms with Crippen LogP contribution >= 0.6 is 0 Å². The molecule has 0 aliphatic carbocycles. The quantitative estimate of drug-likeness (QED) is 0.720. The molecule has 1 fully saturated rings. The fourth-order valence-electron chi connectivity index (χ4n) is 1.96. The molecule has 0 radical (unpaired) electrons. The third-order valence-electron chi connectivity index (χ3n) is 2.83. The molecule has 1 saturated heterocycles. The highest BCUT2D eigenvalue weighted by molar-refractivity contribution is 6.76. The molecule has 0 aromatic carbocycles. The smallest absolute Gasteiger partial charge is 0.0443 e. The fraction of sp³-hybridized carbons (Fsp3) is 1.00. The van der Waals surface area contributed by atoms with Gasteiger partial charge < -0.3 is 10.2 Å². The Bertz CT molecular complexity index is 146. The molecule has 1 aliphatic heterocycles. The Morgan fingerprint density at radius 1 is 1.14 bits per heavy atom. The first kappa shape index (κ1) is 12.2. The van der Waals surface area contributed by atoms with Crippen LogP contribution in [0.15, 0.2) is 0 Å². The van der Waals surface area contributed by atoms with Crippen LogP contribution in [0.25, 0.3) is 0 Å². The van der Waals surface area contributed by atoms with E-state index in [9.17, 15) is 0 Å². The summed E-state index contributed by atoms with van der Waals surface area (Å²) in [4.78, 5) is 2.63. The van der Waals surface area contributed by atoms with Crippen molar-refractivity contribution >= 4 is 8.07 Å². The molecule has 0 atom stereocenters. The monoisotopic (exact) mass is 214 g/mol. The largest absolute Gasteiger partial charge is 0.315 e. The van der Waals surface area contributed by atoms with Gasteiger partial charge in [0.05, 0.1) is 0 Å². The van der Waals surface area contributed by atoms with Gasteiger partial charge in [-0.3, -0.25) is 0 Å². The summed E-state index contributed by atoms with van der Waals surface area (Å²) < 4.78 is 0. The second-order valence-electron chi connectivity index (χ2n) is 5.61.